The predicted molar refractivity (Wildman–Crippen MR) is 125 cm³/mol. The first kappa shape index (κ1) is 21.6. The number of ketones is 1. The van der Waals surface area contributed by atoms with E-state index in [2.05, 4.69) is 6.92 Å². The van der Waals surface area contributed by atoms with Gasteiger partial charge in [-0.05, 0) is 41.0 Å². The maximum absolute atomic E-state index is 13.1. The molecule has 1 fully saturated rings. The van der Waals surface area contributed by atoms with Crippen LogP contribution in [0.3, 0.4) is 0 Å². The largest absolute Gasteiger partial charge is 0.507 e. The van der Waals surface area contributed by atoms with Crippen molar-refractivity contribution >= 4 is 28.2 Å². The van der Waals surface area contributed by atoms with E-state index in [0.717, 1.165) is 35.6 Å². The average Bonchev–Trinajstić information content (AvgIpc) is 3.08. The summed E-state index contributed by atoms with van der Waals surface area (Å²) < 4.78 is 5.36. The maximum atomic E-state index is 13.1. The number of rotatable bonds is 7. The Morgan fingerprint density at radius 1 is 0.969 bits per heavy atom. The molecule has 32 heavy (non-hydrogen) atoms. The molecule has 5 heteroatoms. The van der Waals surface area contributed by atoms with E-state index in [-0.39, 0.29) is 11.3 Å². The summed E-state index contributed by atoms with van der Waals surface area (Å²) in [5.74, 6) is -0.747. The number of aliphatic hydroxyl groups is 1. The number of carbonyl (C=O) groups is 2. The van der Waals surface area contributed by atoms with Crippen molar-refractivity contribution < 1.29 is 19.4 Å². The number of ether oxygens (including phenoxy) is 1. The van der Waals surface area contributed by atoms with Crippen molar-refractivity contribution in [1.82, 2.24) is 4.90 Å². The number of likely N-dealkylation sites (tertiary alicyclic amines) is 1. The van der Waals surface area contributed by atoms with Gasteiger partial charge in [0.15, 0.2) is 0 Å². The Balaban J connectivity index is 1.85. The fourth-order valence-electron chi connectivity index (χ4n) is 4.29. The van der Waals surface area contributed by atoms with Crippen LogP contribution in [0.4, 0.5) is 0 Å². The molecular formula is C27H27NO4. The number of fused-ring (bicyclic) bond motifs is 1. The molecule has 1 aliphatic heterocycles. The van der Waals surface area contributed by atoms with Gasteiger partial charge >= 0.3 is 0 Å². The molecule has 5 nitrogen and oxygen atoms in total. The molecule has 1 atom stereocenters. The Kier molecular flexibility index (Phi) is 6.26. The lowest BCUT2D eigenvalue weighted by Gasteiger charge is -2.25. The average molecular weight is 430 g/mol. The van der Waals surface area contributed by atoms with Crippen LogP contribution in [0.15, 0.2) is 72.3 Å². The Morgan fingerprint density at radius 2 is 1.75 bits per heavy atom. The van der Waals surface area contributed by atoms with E-state index in [1.807, 2.05) is 60.7 Å². The van der Waals surface area contributed by atoms with Gasteiger partial charge in [0.1, 0.15) is 11.5 Å². The number of nitrogens with zero attached hydrogens (tertiary/aromatic N) is 1. The molecular weight excluding hydrogens is 402 g/mol. The molecule has 0 saturated carbocycles. The highest BCUT2D eigenvalue weighted by Crippen LogP contribution is 2.40. The lowest BCUT2D eigenvalue weighted by atomic mass is 9.94. The number of benzene rings is 3. The number of hydrogen-bond donors (Lipinski definition) is 1. The Morgan fingerprint density at radius 3 is 2.50 bits per heavy atom. The summed E-state index contributed by atoms with van der Waals surface area (Å²) in [6.45, 7) is 2.54. The van der Waals surface area contributed by atoms with Gasteiger partial charge in [0.05, 0.1) is 18.7 Å². The summed E-state index contributed by atoms with van der Waals surface area (Å²) in [6.07, 6.45) is 2.75. The van der Waals surface area contributed by atoms with E-state index in [0.29, 0.717) is 17.9 Å². The van der Waals surface area contributed by atoms with Gasteiger partial charge in [0.25, 0.3) is 11.7 Å². The summed E-state index contributed by atoms with van der Waals surface area (Å²) in [7, 11) is 1.58. The molecule has 0 aromatic heterocycles. The number of hydrogen-bond acceptors (Lipinski definition) is 4. The van der Waals surface area contributed by atoms with Crippen molar-refractivity contribution in [1.29, 1.82) is 0 Å². The zero-order valence-electron chi connectivity index (χ0n) is 18.4. The number of Topliss-reactive ketones (excluding diaryl/α,β-unsaturated/α-hetero) is 1. The number of carbonyl (C=O) groups excluding carboxylic acids is 2. The Labute approximate surface area is 187 Å². The second kappa shape index (κ2) is 9.27. The topological polar surface area (TPSA) is 66.8 Å². The Bertz CT molecular complexity index is 1200. The third-order valence-corrected chi connectivity index (χ3v) is 5.97. The smallest absolute Gasteiger partial charge is 0.295 e. The number of amides is 1. The summed E-state index contributed by atoms with van der Waals surface area (Å²) >= 11 is 0. The molecule has 1 N–H and O–H groups in total. The molecule has 0 aliphatic carbocycles. The second-order valence-electron chi connectivity index (χ2n) is 8.04. The minimum Gasteiger partial charge on any atom is -0.507 e. The van der Waals surface area contributed by atoms with Crippen LogP contribution < -0.4 is 4.74 Å². The van der Waals surface area contributed by atoms with Crippen LogP contribution in [-0.2, 0) is 9.59 Å². The lowest BCUT2D eigenvalue weighted by molar-refractivity contribution is -0.139. The fraction of sp³-hybridized carbons (Fsp3) is 0.259. The van der Waals surface area contributed by atoms with Crippen molar-refractivity contribution in [3.63, 3.8) is 0 Å². The predicted octanol–water partition coefficient (Wildman–Crippen LogP) is 5.46. The van der Waals surface area contributed by atoms with Gasteiger partial charge in [-0.2, -0.15) is 0 Å². The highest BCUT2D eigenvalue weighted by molar-refractivity contribution is 6.46. The van der Waals surface area contributed by atoms with Gasteiger partial charge < -0.3 is 14.7 Å². The first-order valence-electron chi connectivity index (χ1n) is 11.0. The van der Waals surface area contributed by atoms with Crippen LogP contribution in [0, 0.1) is 0 Å². The van der Waals surface area contributed by atoms with E-state index >= 15 is 0 Å². The summed E-state index contributed by atoms with van der Waals surface area (Å²) in [5, 5.41) is 13.3. The third kappa shape index (κ3) is 3.98. The van der Waals surface area contributed by atoms with Crippen LogP contribution in [0.5, 0.6) is 5.75 Å². The van der Waals surface area contributed by atoms with Gasteiger partial charge in [-0.3, -0.25) is 9.59 Å². The molecule has 1 aliphatic rings. The van der Waals surface area contributed by atoms with E-state index in [4.69, 9.17) is 4.74 Å². The first-order chi connectivity index (χ1) is 15.5. The van der Waals surface area contributed by atoms with E-state index < -0.39 is 17.7 Å². The highest BCUT2D eigenvalue weighted by Gasteiger charge is 2.45. The summed E-state index contributed by atoms with van der Waals surface area (Å²) in [6, 6.07) is 20.0. The highest BCUT2D eigenvalue weighted by atomic mass is 16.5. The first-order valence-corrected chi connectivity index (χ1v) is 11.0. The lowest BCUT2D eigenvalue weighted by Crippen LogP contribution is -2.30. The second-order valence-corrected chi connectivity index (χ2v) is 8.04. The normalized spacial score (nSPS) is 17.8. The molecule has 1 saturated heterocycles. The molecule has 4 rings (SSSR count). The molecule has 0 radical (unpaired) electrons. The number of aliphatic hydroxyl groups excluding tert-OH is 1. The van der Waals surface area contributed by atoms with Crippen LogP contribution in [0.25, 0.3) is 16.5 Å². The van der Waals surface area contributed by atoms with Crippen LogP contribution >= 0.6 is 0 Å². The summed E-state index contributed by atoms with van der Waals surface area (Å²) in [4.78, 5) is 27.7. The maximum Gasteiger partial charge on any atom is 0.295 e. The van der Waals surface area contributed by atoms with Crippen LogP contribution in [-0.4, -0.2) is 35.4 Å². The molecule has 1 heterocycles. The molecule has 3 aromatic rings. The zero-order valence-corrected chi connectivity index (χ0v) is 18.4. The van der Waals surface area contributed by atoms with E-state index in [1.165, 1.54) is 0 Å². The molecule has 0 bridgehead atoms. The van der Waals surface area contributed by atoms with Crippen LogP contribution in [0.2, 0.25) is 0 Å². The van der Waals surface area contributed by atoms with Gasteiger partial charge in [0, 0.05) is 12.1 Å². The fourth-order valence-corrected chi connectivity index (χ4v) is 4.29. The molecule has 1 unspecified atom stereocenters. The molecule has 1 amide bonds. The zero-order chi connectivity index (χ0) is 22.7. The van der Waals surface area contributed by atoms with Crippen molar-refractivity contribution in [2.24, 2.45) is 0 Å². The summed E-state index contributed by atoms with van der Waals surface area (Å²) in [5.41, 5.74) is 1.38. The molecule has 0 spiro atoms. The minimum atomic E-state index is -0.659. The van der Waals surface area contributed by atoms with Gasteiger partial charge in [0.2, 0.25) is 0 Å². The van der Waals surface area contributed by atoms with Crippen molar-refractivity contribution in [2.75, 3.05) is 13.7 Å². The van der Waals surface area contributed by atoms with Crippen molar-refractivity contribution in [3.05, 3.63) is 83.4 Å². The minimum absolute atomic E-state index is 0.120. The van der Waals surface area contributed by atoms with Gasteiger partial charge in [-0.1, -0.05) is 68.3 Å². The van der Waals surface area contributed by atoms with Crippen molar-refractivity contribution in [2.45, 2.75) is 32.2 Å². The number of methoxy groups -OCH3 is 1. The van der Waals surface area contributed by atoms with Gasteiger partial charge in [-0.15, -0.1) is 0 Å². The van der Waals surface area contributed by atoms with Crippen LogP contribution in [0.1, 0.15) is 43.4 Å². The van der Waals surface area contributed by atoms with Crippen molar-refractivity contribution in [3.8, 4) is 5.75 Å². The monoisotopic (exact) mass is 429 g/mol. The SMILES string of the molecule is CCCCCN1C(=O)C(=O)/C(=C(\O)c2ccc3ccccc3c2)C1c1cccc(OC)c1. The quantitative estimate of drug-likeness (QED) is 0.234. The molecule has 164 valence electrons. The van der Waals surface area contributed by atoms with Gasteiger partial charge in [-0.25, -0.2) is 0 Å². The van der Waals surface area contributed by atoms with E-state index in [9.17, 15) is 14.7 Å². The number of unbranched alkanes of at least 4 members (excludes halogenated alkanes) is 2. The van der Waals surface area contributed by atoms with E-state index in [1.54, 1.807) is 18.1 Å². The molecule has 3 aromatic carbocycles. The standard InChI is InChI=1S/C27H27NO4/c1-3-4-7-15-28-24(20-11-8-12-22(17-20)32-2)23(26(30)27(28)31)25(29)21-14-13-18-9-5-6-10-19(18)16-21/h5-6,8-14,16-17,24,29H,3-4,7,15H2,1-2H3/b25-23-. The Hall–Kier alpha value is -3.60. The third-order valence-electron chi connectivity index (χ3n) is 5.97.